The van der Waals surface area contributed by atoms with E-state index in [0.717, 1.165) is 12.8 Å². The molecule has 2 rings (SSSR count). The highest BCUT2D eigenvalue weighted by Crippen LogP contribution is 2.48. The predicted molar refractivity (Wildman–Crippen MR) is 102 cm³/mol. The van der Waals surface area contributed by atoms with Crippen LogP contribution >= 0.6 is 0 Å². The number of carbonyl (C=O) groups excluding carboxylic acids is 1. The van der Waals surface area contributed by atoms with E-state index in [9.17, 15) is 15.0 Å². The smallest absolute Gasteiger partial charge is 0.136 e. The molecule has 2 saturated carbocycles. The number of ketones is 1. The first-order chi connectivity index (χ1) is 12.1. The number of aliphatic hydroxyl groups excluding tert-OH is 2. The number of fused-ring (bicyclic) bond motifs is 1. The fourth-order valence-electron chi connectivity index (χ4n) is 4.48. The molecule has 3 nitrogen and oxygen atoms in total. The minimum absolute atomic E-state index is 0.0741. The summed E-state index contributed by atoms with van der Waals surface area (Å²) < 4.78 is 0. The Morgan fingerprint density at radius 1 is 1.04 bits per heavy atom. The van der Waals surface area contributed by atoms with Crippen molar-refractivity contribution in [1.82, 2.24) is 0 Å². The summed E-state index contributed by atoms with van der Waals surface area (Å²) >= 11 is 0. The van der Waals surface area contributed by atoms with Crippen molar-refractivity contribution in [3.8, 4) is 0 Å². The molecule has 0 aliphatic heterocycles. The zero-order chi connectivity index (χ0) is 18.1. The van der Waals surface area contributed by atoms with Gasteiger partial charge in [-0.05, 0) is 18.8 Å². The molecule has 2 fully saturated rings. The molecule has 0 saturated heterocycles. The predicted octanol–water partition coefficient (Wildman–Crippen LogP) is 4.80. The SMILES string of the molecule is CCCCCCCCCCCCC(O)C=CC1C(O)C[C@@H]2C(=O)C[C@@H]12. The molecule has 144 valence electrons. The lowest BCUT2D eigenvalue weighted by Gasteiger charge is -2.31. The highest BCUT2D eigenvalue weighted by molar-refractivity contribution is 5.88. The van der Waals surface area contributed by atoms with E-state index in [2.05, 4.69) is 6.92 Å². The average Bonchev–Trinajstić information content (AvgIpc) is 2.85. The van der Waals surface area contributed by atoms with E-state index in [1.807, 2.05) is 12.2 Å². The number of hydrogen-bond donors (Lipinski definition) is 2. The van der Waals surface area contributed by atoms with E-state index in [1.165, 1.54) is 57.8 Å². The monoisotopic (exact) mass is 350 g/mol. The molecule has 0 radical (unpaired) electrons. The van der Waals surface area contributed by atoms with Gasteiger partial charge in [-0.3, -0.25) is 4.79 Å². The number of aliphatic hydroxyl groups is 2. The van der Waals surface area contributed by atoms with Crippen LogP contribution in [-0.2, 0) is 4.79 Å². The second-order valence-electron chi connectivity index (χ2n) is 8.24. The molecule has 3 unspecified atom stereocenters. The van der Waals surface area contributed by atoms with Crippen molar-refractivity contribution in [3.05, 3.63) is 12.2 Å². The Morgan fingerprint density at radius 3 is 2.20 bits per heavy atom. The van der Waals surface area contributed by atoms with E-state index in [4.69, 9.17) is 0 Å². The largest absolute Gasteiger partial charge is 0.392 e. The zero-order valence-electron chi connectivity index (χ0n) is 16.0. The molecule has 2 N–H and O–H groups in total. The quantitative estimate of drug-likeness (QED) is 0.370. The number of rotatable bonds is 13. The van der Waals surface area contributed by atoms with Crippen molar-refractivity contribution in [1.29, 1.82) is 0 Å². The van der Waals surface area contributed by atoms with Crippen molar-refractivity contribution in [2.24, 2.45) is 17.8 Å². The van der Waals surface area contributed by atoms with Crippen LogP contribution in [0.4, 0.5) is 0 Å². The van der Waals surface area contributed by atoms with Crippen molar-refractivity contribution >= 4 is 5.78 Å². The van der Waals surface area contributed by atoms with Gasteiger partial charge in [0, 0.05) is 18.3 Å². The average molecular weight is 351 g/mol. The van der Waals surface area contributed by atoms with Gasteiger partial charge < -0.3 is 10.2 Å². The fraction of sp³-hybridized carbons (Fsp3) is 0.864. The van der Waals surface area contributed by atoms with E-state index in [-0.39, 0.29) is 11.8 Å². The first-order valence-electron chi connectivity index (χ1n) is 10.7. The van der Waals surface area contributed by atoms with Crippen LogP contribution < -0.4 is 0 Å². The molecular weight excluding hydrogens is 312 g/mol. The van der Waals surface area contributed by atoms with Crippen LogP contribution in [-0.4, -0.2) is 28.2 Å². The van der Waals surface area contributed by atoms with Crippen molar-refractivity contribution in [3.63, 3.8) is 0 Å². The summed E-state index contributed by atoms with van der Waals surface area (Å²) in [6, 6.07) is 0. The summed E-state index contributed by atoms with van der Waals surface area (Å²) in [5.41, 5.74) is 0. The lowest BCUT2D eigenvalue weighted by Crippen LogP contribution is -2.35. The maximum Gasteiger partial charge on any atom is 0.136 e. The van der Waals surface area contributed by atoms with Crippen LogP contribution in [0.2, 0.25) is 0 Å². The molecule has 0 aromatic carbocycles. The summed E-state index contributed by atoms with van der Waals surface area (Å²) in [7, 11) is 0. The van der Waals surface area contributed by atoms with E-state index >= 15 is 0 Å². The van der Waals surface area contributed by atoms with E-state index in [0.29, 0.717) is 24.5 Å². The second-order valence-corrected chi connectivity index (χ2v) is 8.24. The van der Waals surface area contributed by atoms with Gasteiger partial charge in [-0.1, -0.05) is 83.3 Å². The molecule has 25 heavy (non-hydrogen) atoms. The molecule has 0 amide bonds. The maximum absolute atomic E-state index is 11.5. The molecular formula is C22H38O3. The van der Waals surface area contributed by atoms with Gasteiger partial charge in [-0.15, -0.1) is 0 Å². The van der Waals surface area contributed by atoms with Gasteiger partial charge in [0.1, 0.15) is 5.78 Å². The number of Topliss-reactive ketones (excluding diaryl/α,β-unsaturated/α-hetero) is 1. The highest BCUT2D eigenvalue weighted by atomic mass is 16.3. The lowest BCUT2D eigenvalue weighted by molar-refractivity contribution is -0.133. The van der Waals surface area contributed by atoms with Crippen LogP contribution in [0.15, 0.2) is 12.2 Å². The standard InChI is InChI=1S/C22H38O3/c1-2-3-4-5-6-7-8-9-10-11-12-17(23)13-14-18-19-15-22(25)20(19)16-21(18)24/h13-14,17-21,23-24H,2-12,15-16H2,1H3/t17?,18?,19-,20-,21?/m0/s1. The second kappa shape index (κ2) is 11.1. The summed E-state index contributed by atoms with van der Waals surface area (Å²) in [4.78, 5) is 11.5. The highest BCUT2D eigenvalue weighted by Gasteiger charge is 2.51. The fourth-order valence-corrected chi connectivity index (χ4v) is 4.48. The Labute approximate surface area is 153 Å². The molecule has 0 aromatic heterocycles. The molecule has 2 aliphatic carbocycles. The van der Waals surface area contributed by atoms with E-state index in [1.54, 1.807) is 0 Å². The molecule has 5 atom stereocenters. The van der Waals surface area contributed by atoms with Gasteiger partial charge in [-0.25, -0.2) is 0 Å². The zero-order valence-corrected chi connectivity index (χ0v) is 16.0. The Morgan fingerprint density at radius 2 is 1.64 bits per heavy atom. The molecule has 3 heteroatoms. The van der Waals surface area contributed by atoms with Gasteiger partial charge in [-0.2, -0.15) is 0 Å². The normalized spacial score (nSPS) is 29.8. The van der Waals surface area contributed by atoms with Gasteiger partial charge in [0.2, 0.25) is 0 Å². The van der Waals surface area contributed by atoms with Crippen LogP contribution in [0, 0.1) is 17.8 Å². The van der Waals surface area contributed by atoms with Crippen molar-refractivity contribution in [2.75, 3.05) is 0 Å². The van der Waals surface area contributed by atoms with Gasteiger partial charge in [0.15, 0.2) is 0 Å². The minimum atomic E-state index is -0.406. The molecule has 0 aromatic rings. The van der Waals surface area contributed by atoms with Crippen LogP contribution in [0.5, 0.6) is 0 Å². The van der Waals surface area contributed by atoms with Crippen LogP contribution in [0.3, 0.4) is 0 Å². The van der Waals surface area contributed by atoms with Crippen molar-refractivity contribution < 1.29 is 15.0 Å². The third-order valence-electron chi connectivity index (χ3n) is 6.21. The van der Waals surface area contributed by atoms with Gasteiger partial charge in [0.25, 0.3) is 0 Å². The molecule has 0 heterocycles. The van der Waals surface area contributed by atoms with Crippen LogP contribution in [0.1, 0.15) is 90.4 Å². The van der Waals surface area contributed by atoms with E-state index < -0.39 is 12.2 Å². The minimum Gasteiger partial charge on any atom is -0.392 e. The number of hydrogen-bond acceptors (Lipinski definition) is 3. The molecule has 0 spiro atoms. The first kappa shape index (κ1) is 20.6. The number of carbonyl (C=O) groups is 1. The molecule has 2 aliphatic rings. The summed E-state index contributed by atoms with van der Waals surface area (Å²) in [6.07, 6.45) is 18.1. The topological polar surface area (TPSA) is 57.5 Å². The van der Waals surface area contributed by atoms with Crippen LogP contribution in [0.25, 0.3) is 0 Å². The van der Waals surface area contributed by atoms with Crippen molar-refractivity contribution in [2.45, 2.75) is 103 Å². The summed E-state index contributed by atoms with van der Waals surface area (Å²) in [5.74, 6) is 0.794. The lowest BCUT2D eigenvalue weighted by atomic mass is 9.71. The summed E-state index contributed by atoms with van der Waals surface area (Å²) in [5, 5.41) is 20.2. The van der Waals surface area contributed by atoms with Gasteiger partial charge >= 0.3 is 0 Å². The Kier molecular flexibility index (Phi) is 9.19. The Hall–Kier alpha value is -0.670. The summed E-state index contributed by atoms with van der Waals surface area (Å²) in [6.45, 7) is 2.25. The third kappa shape index (κ3) is 6.53. The van der Waals surface area contributed by atoms with Gasteiger partial charge in [0.05, 0.1) is 12.2 Å². The molecule has 0 bridgehead atoms. The Bertz CT molecular complexity index is 417. The Balaban J connectivity index is 1.47. The third-order valence-corrected chi connectivity index (χ3v) is 6.21. The first-order valence-corrected chi connectivity index (χ1v) is 10.7. The maximum atomic E-state index is 11.5. The number of unbranched alkanes of at least 4 members (excludes halogenated alkanes) is 9.